The zero-order valence-corrected chi connectivity index (χ0v) is 11.0. The maximum Gasteiger partial charge on any atom is 0.325 e. The van der Waals surface area contributed by atoms with Gasteiger partial charge in [0.2, 0.25) is 0 Å². The highest BCUT2D eigenvalue weighted by molar-refractivity contribution is 5.81. The summed E-state index contributed by atoms with van der Waals surface area (Å²) in [5.41, 5.74) is 1.06. The van der Waals surface area contributed by atoms with E-state index in [1.165, 1.54) is 14.2 Å². The van der Waals surface area contributed by atoms with Crippen LogP contribution in [0.5, 0.6) is 0 Å². The van der Waals surface area contributed by atoms with Crippen LogP contribution in [-0.2, 0) is 19.1 Å². The molecular weight excluding hydrogens is 246 g/mol. The third-order valence-electron chi connectivity index (χ3n) is 3.31. The van der Waals surface area contributed by atoms with Crippen LogP contribution >= 0.6 is 0 Å². The lowest BCUT2D eigenvalue weighted by Gasteiger charge is -2.02. The first-order chi connectivity index (χ1) is 9.19. The van der Waals surface area contributed by atoms with Gasteiger partial charge < -0.3 is 9.47 Å². The molecule has 0 spiro atoms. The number of nitrogens with zero attached hydrogens (tertiary/aromatic N) is 1. The van der Waals surface area contributed by atoms with Crippen molar-refractivity contribution in [1.82, 2.24) is 4.90 Å². The van der Waals surface area contributed by atoms with Crippen molar-refractivity contribution in [3.63, 3.8) is 0 Å². The molecule has 1 unspecified atom stereocenters. The van der Waals surface area contributed by atoms with Crippen molar-refractivity contribution in [3.05, 3.63) is 35.9 Å². The van der Waals surface area contributed by atoms with E-state index in [4.69, 9.17) is 4.74 Å². The first-order valence-electron chi connectivity index (χ1n) is 6.14. The molecule has 0 saturated carbocycles. The van der Waals surface area contributed by atoms with E-state index in [1.54, 1.807) is 0 Å². The second-order valence-electron chi connectivity index (χ2n) is 4.39. The van der Waals surface area contributed by atoms with Gasteiger partial charge >= 0.3 is 11.9 Å². The van der Waals surface area contributed by atoms with E-state index in [9.17, 15) is 9.59 Å². The van der Waals surface area contributed by atoms with E-state index in [1.807, 2.05) is 35.2 Å². The smallest absolute Gasteiger partial charge is 0.325 e. The van der Waals surface area contributed by atoms with E-state index in [2.05, 4.69) is 4.74 Å². The van der Waals surface area contributed by atoms with Gasteiger partial charge in [0.05, 0.1) is 26.7 Å². The zero-order valence-electron chi connectivity index (χ0n) is 11.0. The molecule has 0 radical (unpaired) electrons. The van der Waals surface area contributed by atoms with Crippen molar-refractivity contribution in [2.75, 3.05) is 20.8 Å². The molecule has 0 amide bonds. The summed E-state index contributed by atoms with van der Waals surface area (Å²) in [6, 6.07) is 9.44. The molecule has 2 rings (SSSR count). The number of carbonyl (C=O) groups is 2. The molecule has 0 aromatic heterocycles. The fourth-order valence-electron chi connectivity index (χ4n) is 2.29. The van der Waals surface area contributed by atoms with Gasteiger partial charge in [-0.25, -0.2) is 0 Å². The average Bonchev–Trinajstić information content (AvgIpc) is 3.19. The second kappa shape index (κ2) is 5.84. The molecule has 5 nitrogen and oxygen atoms in total. The normalized spacial score (nSPS) is 24.6. The zero-order chi connectivity index (χ0) is 13.8. The van der Waals surface area contributed by atoms with Crippen LogP contribution in [0.3, 0.4) is 0 Å². The Balaban J connectivity index is 2.04. The van der Waals surface area contributed by atoms with E-state index in [0.717, 1.165) is 5.56 Å². The average molecular weight is 263 g/mol. The van der Waals surface area contributed by atoms with Gasteiger partial charge in [0.25, 0.3) is 0 Å². The van der Waals surface area contributed by atoms with Crippen molar-refractivity contribution in [1.29, 1.82) is 0 Å². The summed E-state index contributed by atoms with van der Waals surface area (Å²) in [6.45, 7) is 0.492. The van der Waals surface area contributed by atoms with Crippen LogP contribution in [0.1, 0.15) is 18.0 Å². The Morgan fingerprint density at radius 2 is 1.84 bits per heavy atom. The highest BCUT2D eigenvalue weighted by Gasteiger charge is 2.53. The Kier molecular flexibility index (Phi) is 4.16. The van der Waals surface area contributed by atoms with Gasteiger partial charge in [0.15, 0.2) is 0 Å². The number of benzene rings is 1. The fraction of sp³-hybridized carbons (Fsp3) is 0.429. The monoisotopic (exact) mass is 263 g/mol. The molecule has 19 heavy (non-hydrogen) atoms. The molecule has 1 fully saturated rings. The summed E-state index contributed by atoms with van der Waals surface area (Å²) in [5, 5.41) is 0. The molecule has 3 atom stereocenters. The summed E-state index contributed by atoms with van der Waals surface area (Å²) in [7, 11) is 2.73. The first-order valence-corrected chi connectivity index (χ1v) is 6.14. The van der Waals surface area contributed by atoms with Crippen molar-refractivity contribution in [2.24, 2.45) is 0 Å². The fourth-order valence-corrected chi connectivity index (χ4v) is 2.29. The predicted molar refractivity (Wildman–Crippen MR) is 68.3 cm³/mol. The molecule has 1 aliphatic rings. The third kappa shape index (κ3) is 2.93. The van der Waals surface area contributed by atoms with E-state index >= 15 is 0 Å². The highest BCUT2D eigenvalue weighted by atomic mass is 16.5. The van der Waals surface area contributed by atoms with Gasteiger partial charge in [0, 0.05) is 6.54 Å². The summed E-state index contributed by atoms with van der Waals surface area (Å²) >= 11 is 0. The number of esters is 2. The Morgan fingerprint density at radius 1 is 1.16 bits per heavy atom. The lowest BCUT2D eigenvalue weighted by Crippen LogP contribution is -2.17. The van der Waals surface area contributed by atoms with Gasteiger partial charge in [-0.3, -0.25) is 14.5 Å². The van der Waals surface area contributed by atoms with Gasteiger partial charge in [-0.2, -0.15) is 0 Å². The molecule has 102 valence electrons. The van der Waals surface area contributed by atoms with Crippen LogP contribution in [0.25, 0.3) is 0 Å². The molecular formula is C14H17NO4. The summed E-state index contributed by atoms with van der Waals surface area (Å²) in [4.78, 5) is 24.8. The number of ether oxygens (including phenoxy) is 2. The van der Waals surface area contributed by atoms with Crippen LogP contribution in [0.4, 0.5) is 0 Å². The van der Waals surface area contributed by atoms with Crippen LogP contribution in [0.15, 0.2) is 30.3 Å². The van der Waals surface area contributed by atoms with Crippen LogP contribution in [-0.4, -0.2) is 43.6 Å². The Labute approximate surface area is 112 Å². The van der Waals surface area contributed by atoms with Gasteiger partial charge in [-0.05, 0) is 5.56 Å². The quantitative estimate of drug-likeness (QED) is 0.589. The van der Waals surface area contributed by atoms with Crippen molar-refractivity contribution < 1.29 is 19.1 Å². The van der Waals surface area contributed by atoms with Gasteiger partial charge in [-0.1, -0.05) is 30.3 Å². The van der Waals surface area contributed by atoms with E-state index in [-0.39, 0.29) is 30.4 Å². The molecule has 5 heteroatoms. The lowest BCUT2D eigenvalue weighted by molar-refractivity contribution is -0.142. The van der Waals surface area contributed by atoms with E-state index < -0.39 is 0 Å². The summed E-state index contributed by atoms with van der Waals surface area (Å²) in [6.07, 6.45) is 0.271. The Hall–Kier alpha value is -1.88. The second-order valence-corrected chi connectivity index (χ2v) is 4.39. The van der Waals surface area contributed by atoms with Crippen molar-refractivity contribution in [3.8, 4) is 0 Å². The van der Waals surface area contributed by atoms with Gasteiger partial charge in [0.1, 0.15) is 6.04 Å². The number of rotatable bonds is 5. The number of methoxy groups -OCH3 is 2. The lowest BCUT2D eigenvalue weighted by atomic mass is 10.1. The molecule has 1 aromatic carbocycles. The largest absolute Gasteiger partial charge is 0.469 e. The molecule has 0 N–H and O–H groups in total. The maximum atomic E-state index is 11.7. The number of hydrogen-bond acceptors (Lipinski definition) is 5. The van der Waals surface area contributed by atoms with Crippen LogP contribution in [0, 0.1) is 0 Å². The molecule has 1 aliphatic heterocycles. The SMILES string of the molecule is COC(=O)CCN1[C@H](C(=O)OC)[C@@H]1c1ccccc1. The Bertz CT molecular complexity index is 460. The molecule has 1 saturated heterocycles. The molecule has 1 aromatic rings. The minimum atomic E-state index is -0.294. The predicted octanol–water partition coefficient (Wildman–Crippen LogP) is 1.15. The van der Waals surface area contributed by atoms with Crippen LogP contribution < -0.4 is 0 Å². The first kappa shape index (κ1) is 13.5. The highest BCUT2D eigenvalue weighted by Crippen LogP contribution is 2.43. The molecule has 0 bridgehead atoms. The van der Waals surface area contributed by atoms with Crippen LogP contribution in [0.2, 0.25) is 0 Å². The topological polar surface area (TPSA) is 55.6 Å². The maximum absolute atomic E-state index is 11.7. The number of hydrogen-bond donors (Lipinski definition) is 0. The van der Waals surface area contributed by atoms with E-state index in [0.29, 0.717) is 6.54 Å². The van der Waals surface area contributed by atoms with Gasteiger partial charge in [-0.15, -0.1) is 0 Å². The minimum Gasteiger partial charge on any atom is -0.469 e. The number of carbonyl (C=O) groups excluding carboxylic acids is 2. The summed E-state index contributed by atoms with van der Waals surface area (Å²) in [5.74, 6) is -0.541. The van der Waals surface area contributed by atoms with Crippen molar-refractivity contribution in [2.45, 2.75) is 18.5 Å². The Morgan fingerprint density at radius 3 is 2.42 bits per heavy atom. The third-order valence-corrected chi connectivity index (χ3v) is 3.31. The molecule has 1 heterocycles. The minimum absolute atomic E-state index is 0.00157. The summed E-state index contributed by atoms with van der Waals surface area (Å²) < 4.78 is 9.40. The molecule has 0 aliphatic carbocycles. The van der Waals surface area contributed by atoms with Crippen molar-refractivity contribution >= 4 is 11.9 Å². The standard InChI is InChI=1S/C14H17NO4/c1-18-11(16)8-9-15-12(13(15)14(17)19-2)10-6-4-3-5-7-10/h3-7,12-13H,8-9H2,1-2H3/t12-,13-,15?/m0/s1.